The van der Waals surface area contributed by atoms with Gasteiger partial charge >= 0.3 is 0 Å². The average molecular weight is 278 g/mol. The number of carbonyl (C=O) groups excluding carboxylic acids is 1. The zero-order valence-corrected chi connectivity index (χ0v) is 12.8. The molecule has 0 aromatic carbocycles. The number of rotatable bonds is 5. The second-order valence-electron chi connectivity index (χ2n) is 6.15. The highest BCUT2D eigenvalue weighted by molar-refractivity contribution is 5.76. The van der Waals surface area contributed by atoms with Gasteiger partial charge in [0.25, 0.3) is 0 Å². The molecule has 2 heterocycles. The Balaban J connectivity index is 1.70. The minimum Gasteiger partial charge on any atom is -0.465 e. The van der Waals surface area contributed by atoms with Crippen LogP contribution in [-0.4, -0.2) is 29.9 Å². The summed E-state index contributed by atoms with van der Waals surface area (Å²) in [6.07, 6.45) is 2.73. The molecule has 4 heteroatoms. The fourth-order valence-corrected chi connectivity index (χ4v) is 2.64. The van der Waals surface area contributed by atoms with Crippen molar-refractivity contribution in [3.05, 3.63) is 23.7 Å². The number of hydrogen-bond acceptors (Lipinski definition) is 3. The summed E-state index contributed by atoms with van der Waals surface area (Å²) in [5.41, 5.74) is 0. The molecule has 20 heavy (non-hydrogen) atoms. The summed E-state index contributed by atoms with van der Waals surface area (Å²) in [7, 11) is 0. The lowest BCUT2D eigenvalue weighted by Gasteiger charge is -2.32. The molecule has 1 aromatic heterocycles. The van der Waals surface area contributed by atoms with Crippen LogP contribution in [0.1, 0.15) is 44.6 Å². The summed E-state index contributed by atoms with van der Waals surface area (Å²) in [6, 6.07) is 4.50. The first-order valence-corrected chi connectivity index (χ1v) is 7.61. The molecule has 0 aliphatic carbocycles. The second kappa shape index (κ2) is 6.93. The van der Waals surface area contributed by atoms with Crippen LogP contribution < -0.4 is 5.32 Å². The average Bonchev–Trinajstić information content (AvgIpc) is 2.82. The zero-order valence-electron chi connectivity index (χ0n) is 12.8. The van der Waals surface area contributed by atoms with Crippen LogP contribution in [0.4, 0.5) is 0 Å². The van der Waals surface area contributed by atoms with Crippen LogP contribution in [-0.2, 0) is 11.3 Å². The fraction of sp³-hybridized carbons (Fsp3) is 0.688. The lowest BCUT2D eigenvalue weighted by Crippen LogP contribution is -2.44. The molecule has 112 valence electrons. The maximum atomic E-state index is 12.0. The molecule has 0 saturated carbocycles. The van der Waals surface area contributed by atoms with Gasteiger partial charge in [-0.05, 0) is 37.8 Å². The Morgan fingerprint density at radius 1 is 1.40 bits per heavy atom. The Labute approximate surface area is 121 Å². The number of amides is 1. The van der Waals surface area contributed by atoms with Crippen LogP contribution in [0.3, 0.4) is 0 Å². The minimum absolute atomic E-state index is 0.306. The van der Waals surface area contributed by atoms with E-state index >= 15 is 0 Å². The van der Waals surface area contributed by atoms with Crippen molar-refractivity contribution in [2.75, 3.05) is 13.1 Å². The molecular weight excluding hydrogens is 252 g/mol. The van der Waals surface area contributed by atoms with Gasteiger partial charge in [-0.3, -0.25) is 4.79 Å². The van der Waals surface area contributed by atoms with Gasteiger partial charge in [0.05, 0.1) is 6.54 Å². The van der Waals surface area contributed by atoms with E-state index in [1.807, 2.05) is 24.0 Å². The minimum atomic E-state index is 0.306. The fourth-order valence-electron chi connectivity index (χ4n) is 2.64. The highest BCUT2D eigenvalue weighted by atomic mass is 16.3. The molecule has 0 bridgehead atoms. The summed E-state index contributed by atoms with van der Waals surface area (Å²) in [5.74, 6) is 2.69. The largest absolute Gasteiger partial charge is 0.465 e. The van der Waals surface area contributed by atoms with Crippen LogP contribution in [0, 0.1) is 12.8 Å². The third kappa shape index (κ3) is 4.37. The van der Waals surface area contributed by atoms with Gasteiger partial charge in [-0.15, -0.1) is 0 Å². The molecule has 1 saturated heterocycles. The van der Waals surface area contributed by atoms with Gasteiger partial charge in [0, 0.05) is 25.6 Å². The van der Waals surface area contributed by atoms with Crippen molar-refractivity contribution >= 4 is 5.91 Å². The first-order valence-electron chi connectivity index (χ1n) is 7.61. The summed E-state index contributed by atoms with van der Waals surface area (Å²) in [6.45, 7) is 8.68. The van der Waals surface area contributed by atoms with E-state index < -0.39 is 0 Å². The van der Waals surface area contributed by atoms with Gasteiger partial charge in [0.2, 0.25) is 5.91 Å². The number of hydrogen-bond donors (Lipinski definition) is 1. The Kier molecular flexibility index (Phi) is 5.24. The number of piperidine rings is 1. The van der Waals surface area contributed by atoms with Crippen LogP contribution in [0.2, 0.25) is 0 Å². The van der Waals surface area contributed by atoms with Gasteiger partial charge < -0.3 is 14.6 Å². The van der Waals surface area contributed by atoms with E-state index in [4.69, 9.17) is 4.42 Å². The van der Waals surface area contributed by atoms with E-state index in [1.54, 1.807) is 0 Å². The quantitative estimate of drug-likeness (QED) is 0.900. The number of carbonyl (C=O) groups is 1. The van der Waals surface area contributed by atoms with Gasteiger partial charge in [0.15, 0.2) is 0 Å². The SMILES string of the molecule is Cc1ccc(CNC2CCN(C(=O)CC(C)C)CC2)o1. The molecule has 0 radical (unpaired) electrons. The van der Waals surface area contributed by atoms with Gasteiger partial charge in [0.1, 0.15) is 11.5 Å². The molecule has 1 aliphatic heterocycles. The van der Waals surface area contributed by atoms with Crippen molar-refractivity contribution in [1.29, 1.82) is 0 Å². The predicted octanol–water partition coefficient (Wildman–Crippen LogP) is 2.71. The van der Waals surface area contributed by atoms with Crippen molar-refractivity contribution in [2.24, 2.45) is 5.92 Å². The summed E-state index contributed by atoms with van der Waals surface area (Å²) >= 11 is 0. The van der Waals surface area contributed by atoms with Crippen LogP contribution in [0.5, 0.6) is 0 Å². The molecule has 1 N–H and O–H groups in total. The van der Waals surface area contributed by atoms with E-state index in [1.165, 1.54) is 0 Å². The summed E-state index contributed by atoms with van der Waals surface area (Å²) < 4.78 is 5.55. The standard InChI is InChI=1S/C16H26N2O2/c1-12(2)10-16(19)18-8-6-14(7-9-18)17-11-15-5-4-13(3)20-15/h4-5,12,14,17H,6-11H2,1-3H3. The molecule has 0 unspecified atom stereocenters. The number of aryl methyl sites for hydroxylation is 1. The molecule has 0 spiro atoms. The highest BCUT2D eigenvalue weighted by Gasteiger charge is 2.22. The predicted molar refractivity (Wildman–Crippen MR) is 79.3 cm³/mol. The van der Waals surface area contributed by atoms with Gasteiger partial charge in [-0.1, -0.05) is 13.8 Å². The van der Waals surface area contributed by atoms with E-state index in [-0.39, 0.29) is 0 Å². The summed E-state index contributed by atoms with van der Waals surface area (Å²) in [5, 5.41) is 3.52. The molecule has 1 aliphatic rings. The van der Waals surface area contributed by atoms with E-state index in [0.717, 1.165) is 44.0 Å². The Morgan fingerprint density at radius 3 is 2.65 bits per heavy atom. The van der Waals surface area contributed by atoms with Crippen LogP contribution in [0.25, 0.3) is 0 Å². The van der Waals surface area contributed by atoms with Crippen molar-refractivity contribution < 1.29 is 9.21 Å². The zero-order chi connectivity index (χ0) is 14.5. The third-order valence-corrected chi connectivity index (χ3v) is 3.79. The monoisotopic (exact) mass is 278 g/mol. The van der Waals surface area contributed by atoms with E-state index in [9.17, 15) is 4.79 Å². The second-order valence-corrected chi connectivity index (χ2v) is 6.15. The lowest BCUT2D eigenvalue weighted by atomic mass is 10.0. The first-order chi connectivity index (χ1) is 9.54. The summed E-state index contributed by atoms with van der Waals surface area (Å²) in [4.78, 5) is 14.0. The number of nitrogens with one attached hydrogen (secondary N) is 1. The van der Waals surface area contributed by atoms with Crippen molar-refractivity contribution in [1.82, 2.24) is 10.2 Å². The normalized spacial score (nSPS) is 16.9. The maximum absolute atomic E-state index is 12.0. The number of nitrogens with zero attached hydrogens (tertiary/aromatic N) is 1. The molecule has 0 atom stereocenters. The Morgan fingerprint density at radius 2 is 2.10 bits per heavy atom. The van der Waals surface area contributed by atoms with Crippen LogP contribution >= 0.6 is 0 Å². The topological polar surface area (TPSA) is 45.5 Å². The number of likely N-dealkylation sites (tertiary alicyclic amines) is 1. The maximum Gasteiger partial charge on any atom is 0.222 e. The van der Waals surface area contributed by atoms with Gasteiger partial charge in [-0.2, -0.15) is 0 Å². The molecule has 1 aromatic rings. The molecule has 1 fully saturated rings. The molecular formula is C16H26N2O2. The molecule has 2 rings (SSSR count). The van der Waals surface area contributed by atoms with Crippen molar-refractivity contribution in [3.63, 3.8) is 0 Å². The molecule has 4 nitrogen and oxygen atoms in total. The first kappa shape index (κ1) is 15.1. The highest BCUT2D eigenvalue weighted by Crippen LogP contribution is 2.14. The number of furan rings is 1. The van der Waals surface area contributed by atoms with E-state index in [2.05, 4.69) is 19.2 Å². The Hall–Kier alpha value is -1.29. The Bertz CT molecular complexity index is 431. The lowest BCUT2D eigenvalue weighted by molar-refractivity contribution is -0.133. The molecule has 1 amide bonds. The smallest absolute Gasteiger partial charge is 0.222 e. The van der Waals surface area contributed by atoms with Crippen LogP contribution in [0.15, 0.2) is 16.5 Å². The van der Waals surface area contributed by atoms with Gasteiger partial charge in [-0.25, -0.2) is 0 Å². The van der Waals surface area contributed by atoms with Crippen molar-refractivity contribution in [2.45, 2.75) is 52.6 Å². The van der Waals surface area contributed by atoms with E-state index in [0.29, 0.717) is 24.3 Å². The third-order valence-electron chi connectivity index (χ3n) is 3.79. The van der Waals surface area contributed by atoms with Crippen molar-refractivity contribution in [3.8, 4) is 0 Å².